The van der Waals surface area contributed by atoms with Gasteiger partial charge < -0.3 is 0 Å². The van der Waals surface area contributed by atoms with Crippen LogP contribution >= 0.6 is 0 Å². The highest BCUT2D eigenvalue weighted by Gasteiger charge is 2.23. The molecule has 116 valence electrons. The van der Waals surface area contributed by atoms with Crippen molar-refractivity contribution in [2.24, 2.45) is 23.7 Å². The van der Waals surface area contributed by atoms with Crippen molar-refractivity contribution in [2.75, 3.05) is 0 Å². The average Bonchev–Trinajstić information content (AvgIpc) is 3.05. The summed E-state index contributed by atoms with van der Waals surface area (Å²) < 4.78 is 0. The Kier molecular flexibility index (Phi) is 32.7. The molecule has 0 N–H and O–H groups in total. The van der Waals surface area contributed by atoms with E-state index >= 15 is 0 Å². The zero-order chi connectivity index (χ0) is 15.7. The van der Waals surface area contributed by atoms with E-state index in [2.05, 4.69) is 55.4 Å². The third kappa shape index (κ3) is 73.5. The van der Waals surface area contributed by atoms with Crippen LogP contribution < -0.4 is 0 Å². The Morgan fingerprint density at radius 2 is 0.722 bits per heavy atom. The van der Waals surface area contributed by atoms with E-state index in [4.69, 9.17) is 0 Å². The van der Waals surface area contributed by atoms with Crippen molar-refractivity contribution in [3.8, 4) is 0 Å². The largest absolute Gasteiger partial charge is 0.0683 e. The quantitative estimate of drug-likeness (QED) is 0.460. The molecule has 0 nitrogen and oxygen atoms in total. The maximum Gasteiger partial charge on any atom is -0.0391 e. The van der Waals surface area contributed by atoms with Gasteiger partial charge in [-0.05, 0) is 36.5 Å². The van der Waals surface area contributed by atoms with Gasteiger partial charge in [0, 0.05) is 0 Å². The van der Waals surface area contributed by atoms with Gasteiger partial charge in [-0.15, -0.1) is 0 Å². The molecular weight excluding hydrogens is 216 g/mol. The molecule has 18 heavy (non-hydrogen) atoms. The third-order valence-corrected chi connectivity index (χ3v) is 1.56. The van der Waals surface area contributed by atoms with Crippen LogP contribution in [-0.4, -0.2) is 0 Å². The second kappa shape index (κ2) is 22.2. The van der Waals surface area contributed by atoms with Crippen LogP contribution in [-0.2, 0) is 0 Å². The molecule has 0 heterocycles. The lowest BCUT2D eigenvalue weighted by Crippen LogP contribution is -1.85. The van der Waals surface area contributed by atoms with Crippen LogP contribution in [0.5, 0.6) is 0 Å². The highest BCUT2D eigenvalue weighted by molar-refractivity contribution is 4.75. The summed E-state index contributed by atoms with van der Waals surface area (Å²) in [5.41, 5.74) is 0. The van der Waals surface area contributed by atoms with E-state index in [1.807, 2.05) is 27.7 Å². The molecule has 0 spiro atoms. The summed E-state index contributed by atoms with van der Waals surface area (Å²) in [5, 5.41) is 0. The summed E-state index contributed by atoms with van der Waals surface area (Å²) in [5.74, 6) is 3.73. The van der Waals surface area contributed by atoms with Crippen LogP contribution in [0.1, 0.15) is 95.9 Å². The van der Waals surface area contributed by atoms with Crippen molar-refractivity contribution in [3.05, 3.63) is 0 Å². The Labute approximate surface area is 120 Å². The fraction of sp³-hybridized carbons (Fsp3) is 1.00. The Balaban J connectivity index is -0.0000000737. The van der Waals surface area contributed by atoms with Crippen molar-refractivity contribution < 1.29 is 0 Å². The minimum atomic E-state index is 0.833. The first kappa shape index (κ1) is 26.5. The lowest BCUT2D eigenvalue weighted by Gasteiger charge is -1.94. The Bertz CT molecular complexity index is 85.1. The first-order valence-corrected chi connectivity index (χ1v) is 8.27. The van der Waals surface area contributed by atoms with Gasteiger partial charge in [0.2, 0.25) is 0 Å². The first-order chi connectivity index (χ1) is 8.27. The van der Waals surface area contributed by atoms with Crippen LogP contribution in [0.4, 0.5) is 0 Å². The molecule has 0 unspecified atom stereocenters. The Morgan fingerprint density at radius 1 is 0.556 bits per heavy atom. The molecule has 0 bridgehead atoms. The number of hydrogen-bond donors (Lipinski definition) is 0. The maximum absolute atomic E-state index is 2.30. The van der Waals surface area contributed by atoms with Crippen molar-refractivity contribution in [3.63, 3.8) is 0 Å². The molecule has 1 aliphatic rings. The molecule has 0 atom stereocenters. The van der Waals surface area contributed by atoms with Gasteiger partial charge in [-0.1, -0.05) is 83.1 Å². The van der Waals surface area contributed by atoms with Gasteiger partial charge >= 0.3 is 0 Å². The van der Waals surface area contributed by atoms with Crippen molar-refractivity contribution in [1.82, 2.24) is 0 Å². The highest BCUT2D eigenvalue weighted by Crippen LogP contribution is 2.35. The van der Waals surface area contributed by atoms with Crippen LogP contribution in [0.2, 0.25) is 0 Å². The van der Waals surface area contributed by atoms with E-state index in [1.54, 1.807) is 0 Å². The molecule has 0 saturated heterocycles. The summed E-state index contributed by atoms with van der Waals surface area (Å²) in [7, 11) is 0. The van der Waals surface area contributed by atoms with Crippen LogP contribution in [0.15, 0.2) is 0 Å². The van der Waals surface area contributed by atoms with Gasteiger partial charge in [0.25, 0.3) is 0 Å². The minimum absolute atomic E-state index is 0.833. The second-order valence-electron chi connectivity index (χ2n) is 6.05. The van der Waals surface area contributed by atoms with Gasteiger partial charge in [0.15, 0.2) is 0 Å². The lowest BCUT2D eigenvalue weighted by molar-refractivity contribution is 0.563. The fourth-order valence-corrected chi connectivity index (χ4v) is 0.763. The molecule has 0 aromatic heterocycles. The average molecular weight is 261 g/mol. The molecule has 1 aliphatic carbocycles. The second-order valence-corrected chi connectivity index (χ2v) is 6.05. The molecule has 1 fully saturated rings. The van der Waals surface area contributed by atoms with E-state index in [1.165, 1.54) is 12.8 Å². The molecule has 0 aromatic carbocycles. The molecule has 1 rings (SSSR count). The van der Waals surface area contributed by atoms with Crippen LogP contribution in [0.25, 0.3) is 0 Å². The maximum atomic E-state index is 2.30. The van der Waals surface area contributed by atoms with E-state index in [0.29, 0.717) is 0 Å². The molecule has 0 amide bonds. The smallest absolute Gasteiger partial charge is 0.0391 e. The summed E-state index contributed by atoms with van der Waals surface area (Å²) in [4.78, 5) is 0. The standard InChI is InChI=1S/C6H12.2C4H10.2C2H6/c1-5(2)6-3-4-6;2*1-4(2)3;2*1-2/h5-6H,3-4H2,1-2H3;2*4H,1-3H3;2*1-2H3. The third-order valence-electron chi connectivity index (χ3n) is 1.56. The van der Waals surface area contributed by atoms with E-state index in [0.717, 1.165) is 23.7 Å². The van der Waals surface area contributed by atoms with Gasteiger partial charge in [0.1, 0.15) is 0 Å². The Morgan fingerprint density at radius 3 is 0.722 bits per heavy atom. The van der Waals surface area contributed by atoms with Gasteiger partial charge in [-0.3, -0.25) is 0 Å². The minimum Gasteiger partial charge on any atom is -0.0683 e. The molecule has 0 aliphatic heterocycles. The Hall–Kier alpha value is 0. The fourth-order valence-electron chi connectivity index (χ4n) is 0.763. The number of hydrogen-bond acceptors (Lipinski definition) is 0. The van der Waals surface area contributed by atoms with Crippen molar-refractivity contribution in [1.29, 1.82) is 0 Å². The molecule has 1 saturated carbocycles. The summed E-state index contributed by atoms with van der Waals surface area (Å²) in [6.45, 7) is 25.6. The van der Waals surface area contributed by atoms with Crippen LogP contribution in [0, 0.1) is 23.7 Å². The van der Waals surface area contributed by atoms with E-state index in [-0.39, 0.29) is 0 Å². The van der Waals surface area contributed by atoms with E-state index in [9.17, 15) is 0 Å². The van der Waals surface area contributed by atoms with Crippen LogP contribution in [0.3, 0.4) is 0 Å². The predicted molar refractivity (Wildman–Crippen MR) is 91.3 cm³/mol. The molecule has 0 heteroatoms. The predicted octanol–water partition coefficient (Wildman–Crippen LogP) is 7.43. The topological polar surface area (TPSA) is 0 Å². The normalized spacial score (nSPS) is 12.2. The lowest BCUT2D eigenvalue weighted by atomic mass is 10.1. The SMILES string of the molecule is CC.CC.CC(C)C.CC(C)C.CC(C)C1CC1. The summed E-state index contributed by atoms with van der Waals surface area (Å²) in [6, 6.07) is 0. The molecule has 0 aromatic rings. The number of rotatable bonds is 1. The highest BCUT2D eigenvalue weighted by atomic mass is 14.3. The monoisotopic (exact) mass is 260 g/mol. The summed E-state index contributed by atoms with van der Waals surface area (Å²) >= 11 is 0. The van der Waals surface area contributed by atoms with E-state index < -0.39 is 0 Å². The van der Waals surface area contributed by atoms with Gasteiger partial charge in [-0.25, -0.2) is 0 Å². The zero-order valence-electron chi connectivity index (χ0n) is 15.7. The molecular formula is C18H44. The molecule has 0 radical (unpaired) electrons. The first-order valence-electron chi connectivity index (χ1n) is 8.27. The van der Waals surface area contributed by atoms with Gasteiger partial charge in [-0.2, -0.15) is 0 Å². The van der Waals surface area contributed by atoms with Crippen molar-refractivity contribution >= 4 is 0 Å². The summed E-state index contributed by atoms with van der Waals surface area (Å²) in [6.07, 6.45) is 3.00. The zero-order valence-corrected chi connectivity index (χ0v) is 15.7. The van der Waals surface area contributed by atoms with Gasteiger partial charge in [0.05, 0.1) is 0 Å². The van der Waals surface area contributed by atoms with Crippen molar-refractivity contribution in [2.45, 2.75) is 95.9 Å².